The molecule has 0 aromatic carbocycles. The molecule has 1 fully saturated rings. The Morgan fingerprint density at radius 3 is 3.10 bits per heavy atom. The molecule has 0 aromatic heterocycles. The molecule has 1 saturated heterocycles. The van der Waals surface area contributed by atoms with Gasteiger partial charge in [0.05, 0.1) is 6.61 Å². The SMILES string of the molecule is CCP1(=O)NCCCCO1. The average molecular weight is 163 g/mol. The first-order valence-electron chi connectivity index (χ1n) is 3.75. The summed E-state index contributed by atoms with van der Waals surface area (Å²) in [7, 11) is -2.39. The van der Waals surface area contributed by atoms with Crippen LogP contribution in [0.25, 0.3) is 0 Å². The van der Waals surface area contributed by atoms with E-state index in [0.29, 0.717) is 12.8 Å². The van der Waals surface area contributed by atoms with Crippen LogP contribution in [0.15, 0.2) is 0 Å². The minimum atomic E-state index is -2.39. The Labute approximate surface area is 61.7 Å². The Balaban J connectivity index is 2.49. The lowest BCUT2D eigenvalue weighted by molar-refractivity contribution is 0.313. The van der Waals surface area contributed by atoms with Gasteiger partial charge in [0, 0.05) is 12.7 Å². The zero-order chi connectivity index (χ0) is 7.45. The molecule has 1 aliphatic heterocycles. The fourth-order valence-corrected chi connectivity index (χ4v) is 2.36. The highest BCUT2D eigenvalue weighted by Gasteiger charge is 2.20. The zero-order valence-electron chi connectivity index (χ0n) is 6.30. The van der Waals surface area contributed by atoms with E-state index in [1.54, 1.807) is 0 Å². The van der Waals surface area contributed by atoms with Crippen molar-refractivity contribution < 1.29 is 9.09 Å². The van der Waals surface area contributed by atoms with Crippen LogP contribution >= 0.6 is 7.52 Å². The molecule has 0 bridgehead atoms. The van der Waals surface area contributed by atoms with Crippen LogP contribution in [0.1, 0.15) is 19.8 Å². The average Bonchev–Trinajstić information content (AvgIpc) is 2.15. The summed E-state index contributed by atoms with van der Waals surface area (Å²) in [6.45, 7) is 3.38. The lowest BCUT2D eigenvalue weighted by Gasteiger charge is -2.13. The topological polar surface area (TPSA) is 38.3 Å². The number of rotatable bonds is 1. The van der Waals surface area contributed by atoms with E-state index < -0.39 is 7.52 Å². The Morgan fingerprint density at radius 1 is 1.60 bits per heavy atom. The van der Waals surface area contributed by atoms with Crippen molar-refractivity contribution in [2.24, 2.45) is 0 Å². The first-order valence-corrected chi connectivity index (χ1v) is 5.56. The quantitative estimate of drug-likeness (QED) is 0.596. The fourth-order valence-electron chi connectivity index (χ4n) is 0.937. The van der Waals surface area contributed by atoms with Crippen molar-refractivity contribution in [3.8, 4) is 0 Å². The maximum absolute atomic E-state index is 11.5. The monoisotopic (exact) mass is 163 g/mol. The van der Waals surface area contributed by atoms with Gasteiger partial charge in [0.2, 0.25) is 0 Å². The number of hydrogen-bond donors (Lipinski definition) is 1. The molecule has 1 atom stereocenters. The summed E-state index contributed by atoms with van der Waals surface area (Å²) in [5.41, 5.74) is 0. The lowest BCUT2D eigenvalue weighted by atomic mass is 10.3. The van der Waals surface area contributed by atoms with Gasteiger partial charge in [-0.1, -0.05) is 6.92 Å². The second kappa shape index (κ2) is 3.51. The smallest absolute Gasteiger partial charge is 0.269 e. The third-order valence-electron chi connectivity index (χ3n) is 1.64. The van der Waals surface area contributed by atoms with E-state index in [4.69, 9.17) is 4.52 Å². The van der Waals surface area contributed by atoms with Crippen LogP contribution in [0.3, 0.4) is 0 Å². The Hall–Kier alpha value is 0.150. The maximum Gasteiger partial charge on any atom is 0.269 e. The molecule has 0 aliphatic carbocycles. The van der Waals surface area contributed by atoms with Crippen molar-refractivity contribution >= 4 is 7.52 Å². The first-order chi connectivity index (χ1) is 4.77. The molecular weight excluding hydrogens is 149 g/mol. The molecule has 1 aliphatic rings. The van der Waals surface area contributed by atoms with Crippen LogP contribution in [-0.2, 0) is 9.09 Å². The summed E-state index contributed by atoms with van der Waals surface area (Å²) in [4.78, 5) is 0. The van der Waals surface area contributed by atoms with Crippen molar-refractivity contribution in [1.82, 2.24) is 5.09 Å². The molecule has 0 spiro atoms. The van der Waals surface area contributed by atoms with Crippen LogP contribution in [0.4, 0.5) is 0 Å². The van der Waals surface area contributed by atoms with Gasteiger partial charge in [-0.3, -0.25) is 4.57 Å². The van der Waals surface area contributed by atoms with Gasteiger partial charge in [0.15, 0.2) is 0 Å². The van der Waals surface area contributed by atoms with Crippen molar-refractivity contribution in [3.05, 3.63) is 0 Å². The molecule has 0 aromatic rings. The standard InChI is InChI=1S/C6H14NO2P/c1-2-10(8)7-5-3-4-6-9-10/h2-6H2,1H3,(H,7,8). The molecule has 1 N–H and O–H groups in total. The highest BCUT2D eigenvalue weighted by Crippen LogP contribution is 2.42. The van der Waals surface area contributed by atoms with Crippen LogP contribution in [0.5, 0.6) is 0 Å². The third kappa shape index (κ3) is 2.08. The van der Waals surface area contributed by atoms with Crippen molar-refractivity contribution in [2.75, 3.05) is 19.3 Å². The summed E-state index contributed by atoms with van der Waals surface area (Å²) in [5, 5.41) is 2.94. The van der Waals surface area contributed by atoms with Crippen molar-refractivity contribution in [1.29, 1.82) is 0 Å². The van der Waals surface area contributed by atoms with Crippen LogP contribution in [0.2, 0.25) is 0 Å². The lowest BCUT2D eigenvalue weighted by Crippen LogP contribution is -2.11. The molecule has 4 heteroatoms. The minimum Gasteiger partial charge on any atom is -0.318 e. The van der Waals surface area contributed by atoms with Gasteiger partial charge in [-0.25, -0.2) is 5.09 Å². The van der Waals surface area contributed by atoms with E-state index >= 15 is 0 Å². The van der Waals surface area contributed by atoms with Gasteiger partial charge in [-0.2, -0.15) is 0 Å². The van der Waals surface area contributed by atoms with Gasteiger partial charge in [0.1, 0.15) is 0 Å². The normalized spacial score (nSPS) is 35.3. The molecule has 1 unspecified atom stereocenters. The molecule has 3 nitrogen and oxygen atoms in total. The van der Waals surface area contributed by atoms with Crippen LogP contribution in [0, 0.1) is 0 Å². The molecule has 10 heavy (non-hydrogen) atoms. The second-order valence-corrected chi connectivity index (χ2v) is 4.99. The summed E-state index contributed by atoms with van der Waals surface area (Å²) in [5.74, 6) is 0. The van der Waals surface area contributed by atoms with Crippen LogP contribution < -0.4 is 5.09 Å². The number of nitrogens with one attached hydrogen (secondary N) is 1. The molecule has 60 valence electrons. The molecule has 1 heterocycles. The minimum absolute atomic E-state index is 0.604. The van der Waals surface area contributed by atoms with E-state index in [2.05, 4.69) is 5.09 Å². The molecule has 0 radical (unpaired) electrons. The van der Waals surface area contributed by atoms with Crippen molar-refractivity contribution in [2.45, 2.75) is 19.8 Å². The first kappa shape index (κ1) is 8.25. The highest BCUT2D eigenvalue weighted by molar-refractivity contribution is 7.56. The van der Waals surface area contributed by atoms with E-state index in [-0.39, 0.29) is 0 Å². The zero-order valence-corrected chi connectivity index (χ0v) is 7.19. The number of hydrogen-bond acceptors (Lipinski definition) is 2. The predicted octanol–water partition coefficient (Wildman–Crippen LogP) is 1.60. The van der Waals surface area contributed by atoms with Gasteiger partial charge < -0.3 is 4.52 Å². The Bertz CT molecular complexity index is 137. The highest BCUT2D eigenvalue weighted by atomic mass is 31.2. The third-order valence-corrected chi connectivity index (χ3v) is 3.78. The van der Waals surface area contributed by atoms with Crippen LogP contribution in [-0.4, -0.2) is 19.3 Å². The van der Waals surface area contributed by atoms with E-state index in [1.165, 1.54) is 0 Å². The second-order valence-electron chi connectivity index (χ2n) is 2.44. The molecular formula is C6H14NO2P. The van der Waals surface area contributed by atoms with E-state index in [1.807, 2.05) is 6.92 Å². The maximum atomic E-state index is 11.5. The van der Waals surface area contributed by atoms with Crippen molar-refractivity contribution in [3.63, 3.8) is 0 Å². The van der Waals surface area contributed by atoms with Gasteiger partial charge in [-0.15, -0.1) is 0 Å². The van der Waals surface area contributed by atoms with Gasteiger partial charge >= 0.3 is 0 Å². The van der Waals surface area contributed by atoms with E-state index in [0.717, 1.165) is 19.4 Å². The predicted molar refractivity (Wildman–Crippen MR) is 41.3 cm³/mol. The Kier molecular flexibility index (Phi) is 2.90. The van der Waals surface area contributed by atoms with Gasteiger partial charge in [-0.05, 0) is 12.8 Å². The fraction of sp³-hybridized carbons (Fsp3) is 1.00. The summed E-state index contributed by atoms with van der Waals surface area (Å²) in [6, 6.07) is 0. The largest absolute Gasteiger partial charge is 0.318 e. The molecule has 1 rings (SSSR count). The summed E-state index contributed by atoms with van der Waals surface area (Å²) >= 11 is 0. The molecule has 0 amide bonds. The Morgan fingerprint density at radius 2 is 2.40 bits per heavy atom. The molecule has 0 saturated carbocycles. The summed E-state index contributed by atoms with van der Waals surface area (Å²) < 4.78 is 16.7. The van der Waals surface area contributed by atoms with Gasteiger partial charge in [0.25, 0.3) is 7.52 Å². The summed E-state index contributed by atoms with van der Waals surface area (Å²) in [6.07, 6.45) is 2.70. The van der Waals surface area contributed by atoms with E-state index in [9.17, 15) is 4.57 Å².